The maximum absolute atomic E-state index is 13.5. The summed E-state index contributed by atoms with van der Waals surface area (Å²) in [5.74, 6) is 0.125. The third-order valence-corrected chi connectivity index (χ3v) is 9.40. The number of alkyl carbamates (subject to hydrolysis) is 2. The van der Waals surface area contributed by atoms with Gasteiger partial charge in [0.2, 0.25) is 11.8 Å². The van der Waals surface area contributed by atoms with Gasteiger partial charge in [-0.3, -0.25) is 9.59 Å². The number of hydrogen-bond acceptors (Lipinski definition) is 9. The zero-order chi connectivity index (χ0) is 38.2. The van der Waals surface area contributed by atoms with Gasteiger partial charge in [0.1, 0.15) is 29.8 Å². The molecule has 6 N–H and O–H groups in total. The third kappa shape index (κ3) is 9.03. The van der Waals surface area contributed by atoms with E-state index in [1.807, 2.05) is 62.4 Å². The van der Waals surface area contributed by atoms with Crippen molar-refractivity contribution in [1.29, 1.82) is 0 Å². The van der Waals surface area contributed by atoms with E-state index in [0.29, 0.717) is 23.9 Å². The molecule has 53 heavy (non-hydrogen) atoms. The Morgan fingerprint density at radius 2 is 1.28 bits per heavy atom. The van der Waals surface area contributed by atoms with Gasteiger partial charge >= 0.3 is 12.2 Å². The number of rotatable bonds is 13. The number of nitrogens with one attached hydrogen (secondary N) is 5. The van der Waals surface area contributed by atoms with E-state index in [9.17, 15) is 24.3 Å². The SMILES string of the molecule is COC(=O)NC(C(=O)N[C@@H](CO)c1ncc(-c2ccc(-c3ccc(-c4cnc([C@@H]5CCCN5C(=O)[C@@H](NC(=O)OC)C(C)C)[nH]4)cc3)cc2)[nH]1)C(C)C. The summed E-state index contributed by atoms with van der Waals surface area (Å²) in [5.41, 5.74) is 5.37. The Morgan fingerprint density at radius 3 is 1.81 bits per heavy atom. The minimum atomic E-state index is -0.855. The second kappa shape index (κ2) is 17.2. The van der Waals surface area contributed by atoms with Crippen LogP contribution < -0.4 is 16.0 Å². The van der Waals surface area contributed by atoms with Gasteiger partial charge in [0.25, 0.3) is 0 Å². The van der Waals surface area contributed by atoms with Crippen molar-refractivity contribution in [3.63, 3.8) is 0 Å². The second-order valence-corrected chi connectivity index (χ2v) is 13.7. The Labute approximate surface area is 308 Å². The molecular formula is C38H48N8O7. The van der Waals surface area contributed by atoms with Gasteiger partial charge in [0, 0.05) is 6.54 Å². The third-order valence-electron chi connectivity index (χ3n) is 9.40. The number of likely N-dealkylation sites (tertiary alicyclic amines) is 1. The molecule has 1 aliphatic rings. The zero-order valence-corrected chi connectivity index (χ0v) is 30.8. The molecule has 282 valence electrons. The van der Waals surface area contributed by atoms with Crippen LogP contribution in [0.25, 0.3) is 33.6 Å². The summed E-state index contributed by atoms with van der Waals surface area (Å²) in [7, 11) is 2.50. The van der Waals surface area contributed by atoms with Crippen molar-refractivity contribution in [3.8, 4) is 33.6 Å². The Bertz CT molecular complexity index is 1870. The van der Waals surface area contributed by atoms with Crippen molar-refractivity contribution in [2.75, 3.05) is 27.4 Å². The highest BCUT2D eigenvalue weighted by atomic mass is 16.5. The van der Waals surface area contributed by atoms with E-state index in [0.717, 1.165) is 40.8 Å². The van der Waals surface area contributed by atoms with Crippen LogP contribution in [0.5, 0.6) is 0 Å². The number of aromatic amines is 2. The average Bonchev–Trinajstić information content (AvgIpc) is 3.96. The van der Waals surface area contributed by atoms with Gasteiger partial charge in [-0.25, -0.2) is 19.6 Å². The molecule has 0 bridgehead atoms. The van der Waals surface area contributed by atoms with Crippen molar-refractivity contribution in [2.45, 2.75) is 64.7 Å². The molecule has 0 saturated carbocycles. The first-order chi connectivity index (χ1) is 25.4. The van der Waals surface area contributed by atoms with Gasteiger partial charge in [-0.2, -0.15) is 0 Å². The smallest absolute Gasteiger partial charge is 0.407 e. The quantitative estimate of drug-likeness (QED) is 0.113. The normalized spacial score (nSPS) is 15.9. The number of aromatic nitrogens is 4. The molecule has 0 aliphatic carbocycles. The number of ether oxygens (including phenoxy) is 2. The summed E-state index contributed by atoms with van der Waals surface area (Å²) >= 11 is 0. The highest BCUT2D eigenvalue weighted by Crippen LogP contribution is 2.33. The van der Waals surface area contributed by atoms with Crippen LogP contribution in [-0.2, 0) is 19.1 Å². The number of hydrogen-bond donors (Lipinski definition) is 6. The Balaban J connectivity index is 1.23. The molecule has 1 aliphatic heterocycles. The number of benzene rings is 2. The number of aliphatic hydroxyl groups excluding tert-OH is 1. The average molecular weight is 729 g/mol. The standard InChI is InChI=1S/C38H48N8O7/c1-21(2)31(44-37(50)52-5)35(48)43-29(20-47)33-39-18-27(41-33)25-13-9-23(10-14-25)24-11-15-26(16-12-24)28-19-40-34(42-28)30-8-7-17-46(30)36(49)32(22(3)4)45-38(51)53-6/h9-16,18-19,21-22,29-32,47H,7-8,17,20H2,1-6H3,(H,39,41)(H,40,42)(H,43,48)(H,44,50)(H,45,51)/t29-,30-,31?,32-/m0/s1. The maximum Gasteiger partial charge on any atom is 0.407 e. The van der Waals surface area contributed by atoms with E-state index >= 15 is 0 Å². The number of carbonyl (C=O) groups excluding carboxylic acids is 4. The van der Waals surface area contributed by atoms with Crippen LogP contribution in [-0.4, -0.2) is 93.4 Å². The monoisotopic (exact) mass is 728 g/mol. The summed E-state index contributed by atoms with van der Waals surface area (Å²) < 4.78 is 9.37. The number of H-pyrrole nitrogens is 2. The summed E-state index contributed by atoms with van der Waals surface area (Å²) in [6.45, 7) is 7.54. The Morgan fingerprint density at radius 1 is 0.774 bits per heavy atom. The zero-order valence-electron chi connectivity index (χ0n) is 30.8. The first-order valence-electron chi connectivity index (χ1n) is 17.7. The lowest BCUT2D eigenvalue weighted by Gasteiger charge is -2.30. The molecule has 1 fully saturated rings. The summed E-state index contributed by atoms with van der Waals surface area (Å²) in [6.07, 6.45) is 3.67. The number of imidazole rings is 2. The fourth-order valence-corrected chi connectivity index (χ4v) is 6.37. The van der Waals surface area contributed by atoms with Crippen LogP contribution in [0, 0.1) is 11.8 Å². The van der Waals surface area contributed by atoms with Crippen LogP contribution in [0.2, 0.25) is 0 Å². The number of aliphatic hydroxyl groups is 1. The molecule has 4 aromatic rings. The van der Waals surface area contributed by atoms with Crippen LogP contribution >= 0.6 is 0 Å². The Kier molecular flexibility index (Phi) is 12.5. The highest BCUT2D eigenvalue weighted by Gasteiger charge is 2.37. The largest absolute Gasteiger partial charge is 0.453 e. The van der Waals surface area contributed by atoms with Gasteiger partial charge in [0.15, 0.2) is 0 Å². The first kappa shape index (κ1) is 38.5. The molecule has 15 heteroatoms. The summed E-state index contributed by atoms with van der Waals surface area (Å²) in [5, 5.41) is 18.0. The fourth-order valence-electron chi connectivity index (χ4n) is 6.37. The predicted molar refractivity (Wildman–Crippen MR) is 197 cm³/mol. The number of amides is 4. The minimum absolute atomic E-state index is 0.114. The molecule has 4 atom stereocenters. The van der Waals surface area contributed by atoms with Crippen molar-refractivity contribution >= 4 is 24.0 Å². The van der Waals surface area contributed by atoms with Gasteiger partial charge in [-0.1, -0.05) is 76.2 Å². The van der Waals surface area contributed by atoms with Crippen molar-refractivity contribution in [2.24, 2.45) is 11.8 Å². The topological polar surface area (TPSA) is 204 Å². The molecular weight excluding hydrogens is 680 g/mol. The van der Waals surface area contributed by atoms with E-state index in [1.165, 1.54) is 14.2 Å². The van der Waals surface area contributed by atoms with E-state index < -0.39 is 42.8 Å². The van der Waals surface area contributed by atoms with Gasteiger partial charge in [-0.15, -0.1) is 0 Å². The van der Waals surface area contributed by atoms with E-state index in [4.69, 9.17) is 4.74 Å². The van der Waals surface area contributed by atoms with Crippen molar-refractivity contribution in [1.82, 2.24) is 40.8 Å². The van der Waals surface area contributed by atoms with Crippen LogP contribution in [0.4, 0.5) is 9.59 Å². The van der Waals surface area contributed by atoms with E-state index in [2.05, 4.69) is 40.6 Å². The molecule has 2 aromatic heterocycles. The van der Waals surface area contributed by atoms with Gasteiger partial charge in [-0.05, 0) is 46.9 Å². The lowest BCUT2D eigenvalue weighted by Crippen LogP contribution is -2.51. The molecule has 15 nitrogen and oxygen atoms in total. The molecule has 3 heterocycles. The lowest BCUT2D eigenvalue weighted by molar-refractivity contribution is -0.135. The predicted octanol–water partition coefficient (Wildman–Crippen LogP) is 4.71. The second-order valence-electron chi connectivity index (χ2n) is 13.7. The molecule has 1 saturated heterocycles. The van der Waals surface area contributed by atoms with Crippen LogP contribution in [0.15, 0.2) is 60.9 Å². The highest BCUT2D eigenvalue weighted by molar-refractivity contribution is 5.87. The minimum Gasteiger partial charge on any atom is -0.453 e. The molecule has 1 unspecified atom stereocenters. The van der Waals surface area contributed by atoms with Crippen LogP contribution in [0.3, 0.4) is 0 Å². The van der Waals surface area contributed by atoms with Crippen molar-refractivity contribution < 1.29 is 33.8 Å². The van der Waals surface area contributed by atoms with Crippen molar-refractivity contribution in [3.05, 3.63) is 72.6 Å². The molecule has 2 aromatic carbocycles. The molecule has 0 spiro atoms. The Hall–Kier alpha value is -5.70. The number of nitrogens with zero attached hydrogens (tertiary/aromatic N) is 3. The van der Waals surface area contributed by atoms with Gasteiger partial charge in [0.05, 0.1) is 50.6 Å². The maximum atomic E-state index is 13.5. The molecule has 0 radical (unpaired) electrons. The first-order valence-corrected chi connectivity index (χ1v) is 17.7. The molecule has 5 rings (SSSR count). The fraction of sp³-hybridized carbons (Fsp3) is 0.421. The van der Waals surface area contributed by atoms with E-state index in [-0.39, 0.29) is 23.8 Å². The summed E-state index contributed by atoms with van der Waals surface area (Å²) in [4.78, 5) is 67.5. The molecule has 4 amide bonds. The number of methoxy groups -OCH3 is 2. The van der Waals surface area contributed by atoms with Gasteiger partial charge < -0.3 is 45.4 Å². The lowest BCUT2D eigenvalue weighted by atomic mass is 10.0. The number of carbonyl (C=O) groups is 4. The van der Waals surface area contributed by atoms with E-state index in [1.54, 1.807) is 31.1 Å². The van der Waals surface area contributed by atoms with Crippen LogP contribution in [0.1, 0.15) is 64.3 Å². The summed E-state index contributed by atoms with van der Waals surface area (Å²) in [6, 6.07) is 13.4.